The second-order valence-electron chi connectivity index (χ2n) is 9.78. The molecule has 8 heteroatoms. The lowest BCUT2D eigenvalue weighted by atomic mass is 9.79. The second kappa shape index (κ2) is 10.6. The summed E-state index contributed by atoms with van der Waals surface area (Å²) in [6.45, 7) is 8.01. The van der Waals surface area contributed by atoms with E-state index in [0.29, 0.717) is 11.3 Å². The van der Waals surface area contributed by atoms with Gasteiger partial charge in [0.25, 0.3) is 5.91 Å². The number of ether oxygens (including phenoxy) is 1. The number of carbonyl (C=O) groups is 2. The number of anilines is 1. The molecular weight excluding hydrogens is 521 g/mol. The average molecular weight is 550 g/mol. The fourth-order valence-corrected chi connectivity index (χ4v) is 4.02. The first-order valence-electron chi connectivity index (χ1n) is 11.8. The van der Waals surface area contributed by atoms with Gasteiger partial charge in [0.15, 0.2) is 0 Å². The Balaban J connectivity index is 1.45. The van der Waals surface area contributed by atoms with Gasteiger partial charge < -0.3 is 19.4 Å². The number of benzene rings is 3. The lowest BCUT2D eigenvalue weighted by Gasteiger charge is -2.32. The van der Waals surface area contributed by atoms with Crippen LogP contribution in [0.5, 0.6) is 0 Å². The third-order valence-corrected chi connectivity index (χ3v) is 7.08. The molecule has 1 saturated heterocycles. The number of hydrogen-bond donors (Lipinski definition) is 1. The maximum Gasteiger partial charge on any atom is 0.494 e. The van der Waals surface area contributed by atoms with E-state index in [4.69, 9.17) is 14.0 Å². The summed E-state index contributed by atoms with van der Waals surface area (Å²) in [6, 6.07) is 23.6. The Morgan fingerprint density at radius 1 is 0.889 bits per heavy atom. The number of esters is 1. The van der Waals surface area contributed by atoms with Crippen LogP contribution in [0.3, 0.4) is 0 Å². The van der Waals surface area contributed by atoms with Gasteiger partial charge in [-0.3, -0.25) is 9.59 Å². The molecule has 0 aliphatic carbocycles. The molecule has 36 heavy (non-hydrogen) atoms. The van der Waals surface area contributed by atoms with E-state index in [1.54, 1.807) is 36.4 Å². The van der Waals surface area contributed by atoms with Gasteiger partial charge in [-0.25, -0.2) is 0 Å². The van der Waals surface area contributed by atoms with Crippen molar-refractivity contribution in [3.63, 3.8) is 0 Å². The zero-order chi connectivity index (χ0) is 25.9. The van der Waals surface area contributed by atoms with Crippen LogP contribution in [0.2, 0.25) is 0 Å². The molecule has 186 valence electrons. The molecule has 0 spiro atoms. The van der Waals surface area contributed by atoms with E-state index in [9.17, 15) is 9.59 Å². The molecular formula is C28H29BBrNO5. The lowest BCUT2D eigenvalue weighted by molar-refractivity contribution is -0.154. The molecule has 1 aliphatic heterocycles. The van der Waals surface area contributed by atoms with Crippen LogP contribution in [-0.4, -0.2) is 30.2 Å². The second-order valence-corrected chi connectivity index (χ2v) is 10.7. The molecule has 0 saturated carbocycles. The van der Waals surface area contributed by atoms with Gasteiger partial charge in [0.05, 0.1) is 17.6 Å². The van der Waals surface area contributed by atoms with Crippen molar-refractivity contribution in [3.05, 3.63) is 94.5 Å². The van der Waals surface area contributed by atoms with Crippen molar-refractivity contribution in [2.45, 2.75) is 51.4 Å². The first-order valence-corrected chi connectivity index (χ1v) is 12.6. The number of carbonyl (C=O) groups excluding carboxylic acids is 2. The molecule has 0 radical (unpaired) electrons. The lowest BCUT2D eigenvalue weighted by Crippen LogP contribution is -2.41. The predicted octanol–water partition coefficient (Wildman–Crippen LogP) is 5.21. The predicted molar refractivity (Wildman–Crippen MR) is 144 cm³/mol. The van der Waals surface area contributed by atoms with E-state index in [1.165, 1.54) is 0 Å². The molecule has 1 aliphatic rings. The van der Waals surface area contributed by atoms with Crippen LogP contribution in [0.4, 0.5) is 5.69 Å². The van der Waals surface area contributed by atoms with E-state index in [0.717, 1.165) is 15.5 Å². The van der Waals surface area contributed by atoms with Gasteiger partial charge in [-0.1, -0.05) is 70.5 Å². The summed E-state index contributed by atoms with van der Waals surface area (Å²) in [5, 5.41) is 2.86. The van der Waals surface area contributed by atoms with E-state index in [-0.39, 0.29) is 6.42 Å². The van der Waals surface area contributed by atoms with Crippen LogP contribution in [0, 0.1) is 0 Å². The molecule has 1 N–H and O–H groups in total. The van der Waals surface area contributed by atoms with Gasteiger partial charge in [-0.05, 0) is 63.0 Å². The van der Waals surface area contributed by atoms with Gasteiger partial charge in [-0.2, -0.15) is 0 Å². The topological polar surface area (TPSA) is 73.9 Å². The van der Waals surface area contributed by atoms with E-state index in [2.05, 4.69) is 21.2 Å². The molecule has 1 unspecified atom stereocenters. The van der Waals surface area contributed by atoms with Crippen molar-refractivity contribution in [2.75, 3.05) is 5.32 Å². The number of halogens is 1. The fourth-order valence-electron chi connectivity index (χ4n) is 3.75. The van der Waals surface area contributed by atoms with Gasteiger partial charge >= 0.3 is 13.1 Å². The Kier molecular flexibility index (Phi) is 7.69. The van der Waals surface area contributed by atoms with Crippen molar-refractivity contribution in [1.82, 2.24) is 0 Å². The van der Waals surface area contributed by atoms with Crippen LogP contribution in [0.1, 0.15) is 44.9 Å². The minimum atomic E-state index is -1.09. The summed E-state index contributed by atoms with van der Waals surface area (Å²) in [4.78, 5) is 25.9. The molecule has 4 rings (SSSR count). The van der Waals surface area contributed by atoms with Gasteiger partial charge in [0.1, 0.15) is 0 Å². The minimum absolute atomic E-state index is 0.0622. The van der Waals surface area contributed by atoms with Crippen molar-refractivity contribution in [1.29, 1.82) is 0 Å². The number of hydrogen-bond acceptors (Lipinski definition) is 5. The number of amides is 1. The molecule has 1 fully saturated rings. The zero-order valence-corrected chi connectivity index (χ0v) is 22.4. The smallest absolute Gasteiger partial charge is 0.447 e. The number of nitrogens with one attached hydrogen (secondary N) is 1. The zero-order valence-electron chi connectivity index (χ0n) is 20.8. The Hall–Kier alpha value is -2.94. The molecule has 6 nitrogen and oxygen atoms in total. The summed E-state index contributed by atoms with van der Waals surface area (Å²) in [5.74, 6) is -0.925. The standard InChI is InChI=1S/C28H29BBrNO5/c1-27(2)28(3,4)36-29(35-27)21-12-16-23(17-13-21)31-26(33)25(20-8-6-5-7-9-20)34-24(32)18-19-10-14-22(30)15-11-19/h5-17,25H,18H2,1-4H3,(H,31,33). The SMILES string of the molecule is CC1(C)OB(c2ccc(NC(=O)C(OC(=O)Cc3ccc(Br)cc3)c3ccccc3)cc2)OC1(C)C. The van der Waals surface area contributed by atoms with Crippen LogP contribution >= 0.6 is 15.9 Å². The summed E-state index contributed by atoms with van der Waals surface area (Å²) < 4.78 is 18.8. The highest BCUT2D eigenvalue weighted by atomic mass is 79.9. The highest BCUT2D eigenvalue weighted by Crippen LogP contribution is 2.36. The number of rotatable bonds is 7. The summed E-state index contributed by atoms with van der Waals surface area (Å²) in [5.41, 5.74) is 1.94. The molecule has 1 heterocycles. The quantitative estimate of drug-likeness (QED) is 0.323. The van der Waals surface area contributed by atoms with E-state index >= 15 is 0 Å². The third kappa shape index (κ3) is 6.06. The van der Waals surface area contributed by atoms with Crippen LogP contribution in [0.25, 0.3) is 0 Å². The van der Waals surface area contributed by atoms with Crippen LogP contribution in [-0.2, 0) is 30.1 Å². The highest BCUT2D eigenvalue weighted by molar-refractivity contribution is 9.10. The largest absolute Gasteiger partial charge is 0.494 e. The Morgan fingerprint density at radius 3 is 2.06 bits per heavy atom. The van der Waals surface area contributed by atoms with Crippen molar-refractivity contribution < 1.29 is 23.6 Å². The normalized spacial score (nSPS) is 16.9. The summed E-state index contributed by atoms with van der Waals surface area (Å²) >= 11 is 3.38. The molecule has 0 aromatic heterocycles. The first-order chi connectivity index (χ1) is 17.0. The maximum absolute atomic E-state index is 13.2. The van der Waals surface area contributed by atoms with Crippen molar-refractivity contribution in [2.24, 2.45) is 0 Å². The first kappa shape index (κ1) is 26.1. The third-order valence-electron chi connectivity index (χ3n) is 6.56. The molecule has 1 atom stereocenters. The maximum atomic E-state index is 13.2. The minimum Gasteiger partial charge on any atom is -0.447 e. The van der Waals surface area contributed by atoms with E-state index in [1.807, 2.05) is 70.2 Å². The van der Waals surface area contributed by atoms with Crippen molar-refractivity contribution >= 4 is 46.1 Å². The Labute approximate surface area is 220 Å². The molecule has 3 aromatic rings. The summed E-state index contributed by atoms with van der Waals surface area (Å²) in [7, 11) is -0.489. The molecule has 1 amide bonds. The summed E-state index contributed by atoms with van der Waals surface area (Å²) in [6.07, 6.45) is -1.02. The van der Waals surface area contributed by atoms with E-state index < -0.39 is 36.3 Å². The average Bonchev–Trinajstić information content (AvgIpc) is 3.06. The van der Waals surface area contributed by atoms with Crippen LogP contribution < -0.4 is 10.8 Å². The monoisotopic (exact) mass is 549 g/mol. The fraction of sp³-hybridized carbons (Fsp3) is 0.286. The van der Waals surface area contributed by atoms with Crippen molar-refractivity contribution in [3.8, 4) is 0 Å². The van der Waals surface area contributed by atoms with Crippen LogP contribution in [0.15, 0.2) is 83.3 Å². The van der Waals surface area contributed by atoms with Gasteiger partial charge in [-0.15, -0.1) is 0 Å². The molecule has 3 aromatic carbocycles. The Morgan fingerprint density at radius 2 is 1.47 bits per heavy atom. The van der Waals surface area contributed by atoms with Gasteiger partial charge in [0, 0.05) is 15.7 Å². The highest BCUT2D eigenvalue weighted by Gasteiger charge is 2.51. The molecule has 0 bridgehead atoms. The van der Waals surface area contributed by atoms with Gasteiger partial charge in [0.2, 0.25) is 6.10 Å². The Bertz CT molecular complexity index is 1200.